The third-order valence-corrected chi connectivity index (χ3v) is 3.64. The maximum Gasteiger partial charge on any atom is 0.322 e. The van der Waals surface area contributed by atoms with Crippen LogP contribution in [0.3, 0.4) is 0 Å². The summed E-state index contributed by atoms with van der Waals surface area (Å²) in [6.07, 6.45) is 2.22. The van der Waals surface area contributed by atoms with Gasteiger partial charge in [-0.2, -0.15) is 0 Å². The van der Waals surface area contributed by atoms with Gasteiger partial charge < -0.3 is 10.2 Å². The molecule has 1 aliphatic rings. The van der Waals surface area contributed by atoms with Crippen molar-refractivity contribution in [3.63, 3.8) is 0 Å². The number of nitrogens with zero attached hydrogens (tertiary/aromatic N) is 1. The molecular formula is C15H22N2O. The van der Waals surface area contributed by atoms with E-state index in [4.69, 9.17) is 0 Å². The lowest BCUT2D eigenvalue weighted by Gasteiger charge is -2.21. The van der Waals surface area contributed by atoms with Crippen LogP contribution in [-0.2, 0) is 0 Å². The molecule has 18 heavy (non-hydrogen) atoms. The zero-order valence-corrected chi connectivity index (χ0v) is 11.4. The maximum atomic E-state index is 12.1. The molecule has 0 radical (unpaired) electrons. The number of carbonyl (C=O) groups excluding carboxylic acids is 1. The molecule has 1 aromatic carbocycles. The topological polar surface area (TPSA) is 32.3 Å². The normalized spacial score (nSPS) is 19.3. The maximum absolute atomic E-state index is 12.1. The van der Waals surface area contributed by atoms with Crippen LogP contribution < -0.4 is 5.32 Å². The van der Waals surface area contributed by atoms with Crippen LogP contribution >= 0.6 is 0 Å². The molecule has 0 bridgehead atoms. The van der Waals surface area contributed by atoms with Crippen molar-refractivity contribution >= 4 is 11.7 Å². The van der Waals surface area contributed by atoms with Gasteiger partial charge in [0.1, 0.15) is 0 Å². The van der Waals surface area contributed by atoms with Crippen molar-refractivity contribution < 1.29 is 4.79 Å². The Hall–Kier alpha value is -1.51. The van der Waals surface area contributed by atoms with Gasteiger partial charge in [-0.05, 0) is 43.4 Å². The first kappa shape index (κ1) is 12.9. The van der Waals surface area contributed by atoms with Gasteiger partial charge in [0.25, 0.3) is 0 Å². The Bertz CT molecular complexity index is 411. The molecule has 1 N–H and O–H groups in total. The molecule has 3 nitrogen and oxygen atoms in total. The summed E-state index contributed by atoms with van der Waals surface area (Å²) in [5, 5.41) is 2.97. The van der Waals surface area contributed by atoms with E-state index in [1.807, 2.05) is 17.0 Å². The average Bonchev–Trinajstić information content (AvgIpc) is 2.76. The molecule has 0 spiro atoms. The van der Waals surface area contributed by atoms with Crippen molar-refractivity contribution in [1.82, 2.24) is 4.90 Å². The number of benzene rings is 1. The summed E-state index contributed by atoms with van der Waals surface area (Å²) >= 11 is 0. The number of carbonyl (C=O) groups is 1. The minimum absolute atomic E-state index is 0.0253. The fourth-order valence-corrected chi connectivity index (χ4v) is 2.38. The zero-order chi connectivity index (χ0) is 13.1. The van der Waals surface area contributed by atoms with Crippen LogP contribution in [0, 0.1) is 0 Å². The number of anilines is 1. The summed E-state index contributed by atoms with van der Waals surface area (Å²) in [7, 11) is 0. The van der Waals surface area contributed by atoms with E-state index in [1.54, 1.807) is 0 Å². The number of nitrogens with one attached hydrogen (secondary N) is 1. The van der Waals surface area contributed by atoms with Crippen LogP contribution in [0.1, 0.15) is 45.1 Å². The summed E-state index contributed by atoms with van der Waals surface area (Å²) in [4.78, 5) is 14.0. The molecule has 1 atom stereocenters. The number of urea groups is 1. The molecular weight excluding hydrogens is 224 g/mol. The highest BCUT2D eigenvalue weighted by Gasteiger charge is 2.24. The second-order valence-electron chi connectivity index (χ2n) is 5.39. The van der Waals surface area contributed by atoms with Gasteiger partial charge >= 0.3 is 6.03 Å². The molecule has 0 aliphatic carbocycles. The number of likely N-dealkylation sites (tertiary alicyclic amines) is 1. The Morgan fingerprint density at radius 2 is 2.00 bits per heavy atom. The van der Waals surface area contributed by atoms with Crippen molar-refractivity contribution in [3.05, 3.63) is 29.8 Å². The van der Waals surface area contributed by atoms with E-state index in [0.717, 1.165) is 25.1 Å². The minimum atomic E-state index is 0.0253. The second kappa shape index (κ2) is 5.42. The second-order valence-corrected chi connectivity index (χ2v) is 5.39. The van der Waals surface area contributed by atoms with Crippen molar-refractivity contribution in [2.75, 3.05) is 11.9 Å². The summed E-state index contributed by atoms with van der Waals surface area (Å²) in [6.45, 7) is 7.31. The molecule has 3 heteroatoms. The summed E-state index contributed by atoms with van der Waals surface area (Å²) < 4.78 is 0. The summed E-state index contributed by atoms with van der Waals surface area (Å²) in [6, 6.07) is 8.50. The minimum Gasteiger partial charge on any atom is -0.322 e. The molecule has 1 unspecified atom stereocenters. The van der Waals surface area contributed by atoms with Gasteiger partial charge in [-0.1, -0.05) is 26.0 Å². The molecule has 98 valence electrons. The van der Waals surface area contributed by atoms with Crippen molar-refractivity contribution in [2.45, 2.75) is 45.6 Å². The third-order valence-electron chi connectivity index (χ3n) is 3.64. The van der Waals surface area contributed by atoms with Gasteiger partial charge in [0.05, 0.1) is 0 Å². The summed E-state index contributed by atoms with van der Waals surface area (Å²) in [5.41, 5.74) is 2.17. The molecule has 2 rings (SSSR count). The highest BCUT2D eigenvalue weighted by Crippen LogP contribution is 2.20. The molecule has 1 saturated heterocycles. The molecule has 0 aromatic heterocycles. The Labute approximate surface area is 109 Å². The van der Waals surface area contributed by atoms with E-state index < -0.39 is 0 Å². The predicted molar refractivity (Wildman–Crippen MR) is 75.0 cm³/mol. The fraction of sp³-hybridized carbons (Fsp3) is 0.533. The Morgan fingerprint density at radius 1 is 1.33 bits per heavy atom. The molecule has 1 aliphatic heterocycles. The van der Waals surface area contributed by atoms with Gasteiger partial charge in [0, 0.05) is 18.3 Å². The monoisotopic (exact) mass is 246 g/mol. The van der Waals surface area contributed by atoms with E-state index >= 15 is 0 Å². The van der Waals surface area contributed by atoms with Crippen molar-refractivity contribution in [2.24, 2.45) is 0 Å². The van der Waals surface area contributed by atoms with Crippen LogP contribution in [-0.4, -0.2) is 23.5 Å². The van der Waals surface area contributed by atoms with Crippen molar-refractivity contribution in [3.8, 4) is 0 Å². The lowest BCUT2D eigenvalue weighted by molar-refractivity contribution is 0.210. The first-order valence-electron chi connectivity index (χ1n) is 6.75. The van der Waals surface area contributed by atoms with Gasteiger partial charge in [-0.15, -0.1) is 0 Å². The van der Waals surface area contributed by atoms with Gasteiger partial charge in [-0.25, -0.2) is 4.79 Å². The van der Waals surface area contributed by atoms with E-state index in [-0.39, 0.29) is 6.03 Å². The van der Waals surface area contributed by atoms with Gasteiger partial charge in [0.2, 0.25) is 0 Å². The Balaban J connectivity index is 1.98. The van der Waals surface area contributed by atoms with E-state index in [1.165, 1.54) is 5.56 Å². The highest BCUT2D eigenvalue weighted by atomic mass is 16.2. The van der Waals surface area contributed by atoms with Crippen LogP contribution in [0.2, 0.25) is 0 Å². The standard InChI is InChI=1S/C15H22N2O/c1-11(2)13-6-8-14(9-7-13)16-15(18)17-10-4-5-12(17)3/h6-9,11-12H,4-5,10H2,1-3H3,(H,16,18). The van der Waals surface area contributed by atoms with Crippen LogP contribution in [0.15, 0.2) is 24.3 Å². The molecule has 1 fully saturated rings. The van der Waals surface area contributed by atoms with Crippen LogP contribution in [0.25, 0.3) is 0 Å². The van der Waals surface area contributed by atoms with E-state index in [9.17, 15) is 4.79 Å². The third kappa shape index (κ3) is 2.84. The lowest BCUT2D eigenvalue weighted by atomic mass is 10.0. The number of amides is 2. The van der Waals surface area contributed by atoms with Gasteiger partial charge in [0.15, 0.2) is 0 Å². The molecule has 1 heterocycles. The largest absolute Gasteiger partial charge is 0.322 e. The Morgan fingerprint density at radius 3 is 2.50 bits per heavy atom. The van der Waals surface area contributed by atoms with Crippen LogP contribution in [0.4, 0.5) is 10.5 Å². The molecule has 0 saturated carbocycles. The first-order chi connectivity index (χ1) is 8.58. The highest BCUT2D eigenvalue weighted by molar-refractivity contribution is 5.89. The first-order valence-corrected chi connectivity index (χ1v) is 6.75. The number of hydrogen-bond donors (Lipinski definition) is 1. The van der Waals surface area contributed by atoms with E-state index in [2.05, 4.69) is 38.2 Å². The quantitative estimate of drug-likeness (QED) is 0.845. The number of rotatable bonds is 2. The SMILES string of the molecule is CC(C)c1ccc(NC(=O)N2CCCC2C)cc1. The summed E-state index contributed by atoms with van der Waals surface area (Å²) in [5.74, 6) is 0.522. The average molecular weight is 246 g/mol. The predicted octanol–water partition coefficient (Wildman–Crippen LogP) is 3.83. The molecule has 2 amide bonds. The van der Waals surface area contributed by atoms with Crippen LogP contribution in [0.5, 0.6) is 0 Å². The van der Waals surface area contributed by atoms with Crippen molar-refractivity contribution in [1.29, 1.82) is 0 Å². The fourth-order valence-electron chi connectivity index (χ4n) is 2.38. The smallest absolute Gasteiger partial charge is 0.322 e. The Kier molecular flexibility index (Phi) is 3.90. The van der Waals surface area contributed by atoms with E-state index in [0.29, 0.717) is 12.0 Å². The zero-order valence-electron chi connectivity index (χ0n) is 11.4. The number of hydrogen-bond acceptors (Lipinski definition) is 1. The lowest BCUT2D eigenvalue weighted by Crippen LogP contribution is -2.37. The van der Waals surface area contributed by atoms with Gasteiger partial charge in [-0.3, -0.25) is 0 Å². The molecule has 1 aromatic rings.